The van der Waals surface area contributed by atoms with Gasteiger partial charge in [-0.3, -0.25) is 0 Å². The molecule has 0 aliphatic carbocycles. The maximum absolute atomic E-state index is 13.1. The summed E-state index contributed by atoms with van der Waals surface area (Å²) >= 11 is 0. The van der Waals surface area contributed by atoms with Gasteiger partial charge in [0.25, 0.3) is 0 Å². The Balaban J connectivity index is 0.000000589. The van der Waals surface area contributed by atoms with Crippen LogP contribution in [0.2, 0.25) is 0 Å². The number of allylic oxidation sites excluding steroid dienone is 7. The van der Waals surface area contributed by atoms with Gasteiger partial charge in [-0.2, -0.15) is 0 Å². The molecular formula is C31H48FN. The van der Waals surface area contributed by atoms with Crippen LogP contribution in [0.3, 0.4) is 0 Å². The minimum absolute atomic E-state index is 0.165. The van der Waals surface area contributed by atoms with E-state index in [2.05, 4.69) is 83.5 Å². The lowest BCUT2D eigenvalue weighted by molar-refractivity contribution is 0.591. The molecule has 2 rings (SSSR count). The topological polar surface area (TPSA) is 15.8 Å². The molecule has 1 unspecified atom stereocenters. The number of nitrogens with one attached hydrogen (secondary N) is 1. The summed E-state index contributed by atoms with van der Waals surface area (Å²) in [5.41, 5.74) is 5.98. The number of unbranched alkanes of at least 4 members (excludes halogenated alkanes) is 2. The fourth-order valence-electron chi connectivity index (χ4n) is 3.58. The quantitative estimate of drug-likeness (QED) is 0.272. The monoisotopic (exact) mass is 453 g/mol. The first-order valence-corrected chi connectivity index (χ1v) is 12.8. The third-order valence-electron chi connectivity index (χ3n) is 5.54. The Kier molecular flexibility index (Phi) is 16.8. The van der Waals surface area contributed by atoms with Crippen molar-refractivity contribution in [1.29, 1.82) is 0 Å². The molecule has 1 aromatic heterocycles. The van der Waals surface area contributed by atoms with Crippen molar-refractivity contribution < 1.29 is 4.39 Å². The van der Waals surface area contributed by atoms with Crippen LogP contribution >= 0.6 is 0 Å². The highest BCUT2D eigenvalue weighted by atomic mass is 19.1. The van der Waals surface area contributed by atoms with E-state index in [1.807, 2.05) is 19.9 Å². The maximum Gasteiger partial charge on any atom is 0.123 e. The molecule has 0 radical (unpaired) electrons. The van der Waals surface area contributed by atoms with Gasteiger partial charge < -0.3 is 4.98 Å². The summed E-state index contributed by atoms with van der Waals surface area (Å²) in [7, 11) is 0. The molecule has 0 amide bonds. The third-order valence-corrected chi connectivity index (χ3v) is 5.54. The molecule has 33 heavy (non-hydrogen) atoms. The molecule has 0 spiro atoms. The SMILES string of the molecule is C=C(/C=C(C)\C=C/CC)/C(=C\C)CC.CC.CCCCCC(C)c1cc2cc(F)ccc2[nH]1. The normalized spacial score (nSPS) is 12.8. The standard InChI is InChI=1S/C15H20FN.C14H22.C2H6/c1-3-4-5-6-11(2)15-10-12-9-13(16)7-8-14(12)17-15;1-6-9-10-12(4)11-13(5)14(7-2)8-3;1-2/h7-11,17H,3-6H2,1-2H3;7,9-11H,5-6,8H2,1-4H3;1-2H3/b;10-9-,12-11-,14-7-;. The van der Waals surface area contributed by atoms with Gasteiger partial charge in [-0.1, -0.05) is 97.3 Å². The summed E-state index contributed by atoms with van der Waals surface area (Å²) in [5, 5.41) is 0.974. The zero-order valence-electron chi connectivity index (χ0n) is 22.5. The zero-order valence-corrected chi connectivity index (χ0v) is 22.5. The van der Waals surface area contributed by atoms with Crippen molar-refractivity contribution >= 4 is 10.9 Å². The molecule has 184 valence electrons. The largest absolute Gasteiger partial charge is 0.358 e. The number of aromatic nitrogens is 1. The molecular weight excluding hydrogens is 405 g/mol. The highest BCUT2D eigenvalue weighted by Gasteiger charge is 2.09. The summed E-state index contributed by atoms with van der Waals surface area (Å²) in [6.07, 6.45) is 15.7. The summed E-state index contributed by atoms with van der Waals surface area (Å²) in [4.78, 5) is 3.38. The van der Waals surface area contributed by atoms with E-state index in [4.69, 9.17) is 0 Å². The van der Waals surface area contributed by atoms with Gasteiger partial charge in [0.05, 0.1) is 0 Å². The summed E-state index contributed by atoms with van der Waals surface area (Å²) < 4.78 is 13.1. The molecule has 1 nitrogen and oxygen atoms in total. The van der Waals surface area contributed by atoms with Crippen molar-refractivity contribution in [2.75, 3.05) is 0 Å². The second-order valence-corrected chi connectivity index (χ2v) is 8.24. The van der Waals surface area contributed by atoms with Crippen molar-refractivity contribution in [3.63, 3.8) is 0 Å². The zero-order chi connectivity index (χ0) is 25.2. The van der Waals surface area contributed by atoms with Gasteiger partial charge in [0, 0.05) is 16.6 Å². The first kappa shape index (κ1) is 30.6. The molecule has 1 atom stereocenters. The number of hydrogen-bond donors (Lipinski definition) is 1. The molecule has 2 aromatic rings. The van der Waals surface area contributed by atoms with Gasteiger partial charge >= 0.3 is 0 Å². The lowest BCUT2D eigenvalue weighted by Gasteiger charge is -2.08. The average molecular weight is 454 g/mol. The molecule has 0 aliphatic heterocycles. The van der Waals surface area contributed by atoms with E-state index in [9.17, 15) is 4.39 Å². The van der Waals surface area contributed by atoms with Gasteiger partial charge in [-0.15, -0.1) is 0 Å². The van der Waals surface area contributed by atoms with E-state index in [0.717, 1.165) is 29.3 Å². The fourth-order valence-corrected chi connectivity index (χ4v) is 3.58. The predicted molar refractivity (Wildman–Crippen MR) is 149 cm³/mol. The van der Waals surface area contributed by atoms with Crippen molar-refractivity contribution in [1.82, 2.24) is 4.98 Å². The number of rotatable bonds is 10. The lowest BCUT2D eigenvalue weighted by atomic mass is 10.00. The van der Waals surface area contributed by atoms with Gasteiger partial charge in [0.2, 0.25) is 0 Å². The van der Waals surface area contributed by atoms with Crippen molar-refractivity contribution in [3.8, 4) is 0 Å². The van der Waals surface area contributed by atoms with Crippen molar-refractivity contribution in [2.45, 2.75) is 99.8 Å². The molecule has 0 saturated heterocycles. The molecule has 2 heteroatoms. The maximum atomic E-state index is 13.1. The highest BCUT2D eigenvalue weighted by molar-refractivity contribution is 5.80. The molecule has 1 N–H and O–H groups in total. The smallest absolute Gasteiger partial charge is 0.123 e. The second-order valence-electron chi connectivity index (χ2n) is 8.24. The Morgan fingerprint density at radius 3 is 2.39 bits per heavy atom. The molecule has 1 heterocycles. The minimum atomic E-state index is -0.165. The Labute approximate surface area is 203 Å². The van der Waals surface area contributed by atoms with Crippen LogP contribution in [0.15, 0.2) is 71.9 Å². The average Bonchev–Trinajstić information content (AvgIpc) is 3.23. The Hall–Kier alpha value is -2.35. The van der Waals surface area contributed by atoms with Crippen LogP contribution < -0.4 is 0 Å². The third kappa shape index (κ3) is 11.9. The highest BCUT2D eigenvalue weighted by Crippen LogP contribution is 2.25. The van der Waals surface area contributed by atoms with Crippen LogP contribution in [0.5, 0.6) is 0 Å². The molecule has 1 aromatic carbocycles. The molecule has 0 fully saturated rings. The van der Waals surface area contributed by atoms with E-state index in [1.165, 1.54) is 48.6 Å². The van der Waals surface area contributed by atoms with Gasteiger partial charge in [0.1, 0.15) is 5.82 Å². The summed E-state index contributed by atoms with van der Waals surface area (Å²) in [5.74, 6) is 0.360. The predicted octanol–water partition coefficient (Wildman–Crippen LogP) is 10.8. The number of H-pyrrole nitrogens is 1. The number of fused-ring (bicyclic) bond motifs is 1. The van der Waals surface area contributed by atoms with Gasteiger partial charge in [-0.25, -0.2) is 4.39 Å². The van der Waals surface area contributed by atoms with Crippen LogP contribution in [0.1, 0.15) is 106 Å². The van der Waals surface area contributed by atoms with Crippen LogP contribution in [-0.4, -0.2) is 4.98 Å². The van der Waals surface area contributed by atoms with Crippen molar-refractivity contribution in [2.24, 2.45) is 0 Å². The minimum Gasteiger partial charge on any atom is -0.358 e. The van der Waals surface area contributed by atoms with Gasteiger partial charge in [0.15, 0.2) is 0 Å². The van der Waals surface area contributed by atoms with Crippen LogP contribution in [0.4, 0.5) is 4.39 Å². The summed E-state index contributed by atoms with van der Waals surface area (Å²) in [6, 6.07) is 6.99. The molecule has 0 aliphatic rings. The first-order valence-electron chi connectivity index (χ1n) is 12.8. The summed E-state index contributed by atoms with van der Waals surface area (Å²) in [6.45, 7) is 21.0. The van der Waals surface area contributed by atoms with Crippen molar-refractivity contribution in [3.05, 3.63) is 83.4 Å². The number of benzene rings is 1. The fraction of sp³-hybridized carbons (Fsp3) is 0.484. The Morgan fingerprint density at radius 2 is 1.82 bits per heavy atom. The van der Waals surface area contributed by atoms with E-state index in [0.29, 0.717) is 5.92 Å². The number of halogens is 1. The molecule has 0 bridgehead atoms. The Bertz CT molecular complexity index is 895. The van der Waals surface area contributed by atoms with E-state index in [1.54, 1.807) is 6.07 Å². The first-order chi connectivity index (χ1) is 15.9. The van der Waals surface area contributed by atoms with Crippen LogP contribution in [-0.2, 0) is 0 Å². The van der Waals surface area contributed by atoms with Crippen LogP contribution in [0, 0.1) is 5.82 Å². The van der Waals surface area contributed by atoms with Crippen LogP contribution in [0.25, 0.3) is 10.9 Å². The Morgan fingerprint density at radius 1 is 1.12 bits per heavy atom. The van der Waals surface area contributed by atoms with E-state index >= 15 is 0 Å². The van der Waals surface area contributed by atoms with Gasteiger partial charge in [-0.05, 0) is 74.4 Å². The molecule has 0 saturated carbocycles. The number of aromatic amines is 1. The lowest BCUT2D eigenvalue weighted by Crippen LogP contribution is -1.93. The number of hydrogen-bond acceptors (Lipinski definition) is 0. The van der Waals surface area contributed by atoms with E-state index in [-0.39, 0.29) is 5.82 Å². The second kappa shape index (κ2) is 18.1. The van der Waals surface area contributed by atoms with E-state index < -0.39 is 0 Å².